The molecule has 0 spiro atoms. The van der Waals surface area contributed by atoms with Crippen LogP contribution in [0.1, 0.15) is 13.8 Å². The van der Waals surface area contributed by atoms with E-state index in [4.69, 9.17) is 0 Å². The molecule has 0 atom stereocenters. The Morgan fingerprint density at radius 2 is 1.23 bits per heavy atom. The van der Waals surface area contributed by atoms with E-state index in [0.29, 0.717) is 0 Å². The molecule has 0 heterocycles. The molecule has 0 unspecified atom stereocenters. The predicted molar refractivity (Wildman–Crippen MR) is 68.0 cm³/mol. The quantitative estimate of drug-likeness (QED) is 0.646. The molecule has 0 saturated heterocycles. The minimum atomic E-state index is -1.18. The molecule has 3 heteroatoms. The topological polar surface area (TPSA) is 3.24 Å². The van der Waals surface area contributed by atoms with Crippen LogP contribution in [-0.2, 0) is 0 Å². The van der Waals surface area contributed by atoms with Crippen LogP contribution < -0.4 is 0 Å². The largest absolute Gasteiger partial charge is 0.428 e. The number of nitrogens with zero attached hydrogens (tertiary/aromatic N) is 1. The Morgan fingerprint density at radius 1 is 0.923 bits per heavy atom. The summed E-state index contributed by atoms with van der Waals surface area (Å²) in [7, 11) is -2.36. The van der Waals surface area contributed by atoms with Gasteiger partial charge in [-0.2, -0.15) is 0 Å². The maximum Gasteiger partial charge on any atom is 0.138 e. The van der Waals surface area contributed by atoms with Crippen LogP contribution >= 0.6 is 0 Å². The van der Waals surface area contributed by atoms with E-state index in [1.54, 1.807) is 0 Å². The lowest BCUT2D eigenvalue weighted by Crippen LogP contribution is -2.57. The van der Waals surface area contributed by atoms with Crippen LogP contribution in [0.2, 0.25) is 39.3 Å². The van der Waals surface area contributed by atoms with Crippen molar-refractivity contribution in [3.8, 4) is 0 Å². The molecule has 13 heavy (non-hydrogen) atoms. The van der Waals surface area contributed by atoms with Gasteiger partial charge in [-0.1, -0.05) is 45.4 Å². The van der Waals surface area contributed by atoms with E-state index in [0.717, 1.165) is 0 Å². The highest BCUT2D eigenvalue weighted by Gasteiger charge is 2.33. The Balaban J connectivity index is 5.01. The average Bonchev–Trinajstić information content (AvgIpc) is 1.80. The van der Waals surface area contributed by atoms with Crippen LogP contribution in [0.3, 0.4) is 0 Å². The van der Waals surface area contributed by atoms with Gasteiger partial charge in [-0.05, 0) is 19.5 Å². The number of hydrogen-bond acceptors (Lipinski definition) is 1. The molecule has 78 valence electrons. The zero-order chi connectivity index (χ0) is 10.9. The maximum absolute atomic E-state index is 2.74. The molecule has 0 bridgehead atoms. The third-order valence-electron chi connectivity index (χ3n) is 2.11. The minimum Gasteiger partial charge on any atom is -0.428 e. The van der Waals surface area contributed by atoms with Gasteiger partial charge in [0, 0.05) is 0 Å². The van der Waals surface area contributed by atoms with Crippen molar-refractivity contribution in [2.45, 2.75) is 53.1 Å². The Morgan fingerprint density at radius 3 is 1.31 bits per heavy atom. The van der Waals surface area contributed by atoms with Gasteiger partial charge in [-0.25, -0.2) is 0 Å². The summed E-state index contributed by atoms with van der Waals surface area (Å²) in [4.78, 5) is 0. The van der Waals surface area contributed by atoms with Crippen molar-refractivity contribution in [1.82, 2.24) is 4.23 Å². The van der Waals surface area contributed by atoms with Gasteiger partial charge in [0.1, 0.15) is 16.5 Å². The van der Waals surface area contributed by atoms with E-state index in [2.05, 4.69) is 63.4 Å². The molecule has 0 fully saturated rings. The Hall–Kier alpha value is -0.0262. The molecule has 0 N–H and O–H groups in total. The molecule has 0 aromatic carbocycles. The number of allylic oxidation sites excluding steroid dienone is 2. The molecule has 0 rings (SSSR count). The molecule has 0 amide bonds. The van der Waals surface area contributed by atoms with Crippen LogP contribution in [0.15, 0.2) is 11.8 Å². The first kappa shape index (κ1) is 13.0. The van der Waals surface area contributed by atoms with E-state index in [-0.39, 0.29) is 0 Å². The van der Waals surface area contributed by atoms with Gasteiger partial charge in [0.2, 0.25) is 0 Å². The zero-order valence-electron chi connectivity index (χ0n) is 10.5. The molecule has 0 saturated carbocycles. The van der Waals surface area contributed by atoms with Gasteiger partial charge in [0.25, 0.3) is 0 Å². The van der Waals surface area contributed by atoms with E-state index in [1.165, 1.54) is 5.70 Å². The third kappa shape index (κ3) is 3.69. The molecule has 0 aliphatic rings. The lowest BCUT2D eigenvalue weighted by atomic mass is 10.5. The summed E-state index contributed by atoms with van der Waals surface area (Å²) in [5, 5.41) is 0. The first-order chi connectivity index (χ1) is 5.60. The van der Waals surface area contributed by atoms with Gasteiger partial charge >= 0.3 is 0 Å². The van der Waals surface area contributed by atoms with E-state index in [1.807, 2.05) is 0 Å². The highest BCUT2D eigenvalue weighted by atomic mass is 28.4. The Bertz CT molecular complexity index is 182. The Kier molecular flexibility index (Phi) is 4.00. The summed E-state index contributed by atoms with van der Waals surface area (Å²) in [6.07, 6.45) is 2.25. The van der Waals surface area contributed by atoms with Gasteiger partial charge in [-0.15, -0.1) is 0 Å². The molecule has 0 aromatic rings. The van der Waals surface area contributed by atoms with Crippen LogP contribution in [0, 0.1) is 0 Å². The zero-order valence-corrected chi connectivity index (χ0v) is 12.5. The molecule has 0 aromatic heterocycles. The van der Waals surface area contributed by atoms with E-state index >= 15 is 0 Å². The van der Waals surface area contributed by atoms with Gasteiger partial charge in [0.15, 0.2) is 0 Å². The monoisotopic (exact) mass is 215 g/mol. The smallest absolute Gasteiger partial charge is 0.138 e. The fourth-order valence-electron chi connectivity index (χ4n) is 2.19. The van der Waals surface area contributed by atoms with Crippen molar-refractivity contribution in [3.05, 3.63) is 11.8 Å². The van der Waals surface area contributed by atoms with Crippen LogP contribution in [0.5, 0.6) is 0 Å². The molecule has 0 aliphatic heterocycles. The minimum absolute atomic E-state index is 1.18. The second-order valence-electron chi connectivity index (χ2n) is 5.61. The normalized spacial score (nSPS) is 14.6. The van der Waals surface area contributed by atoms with Crippen molar-refractivity contribution in [2.24, 2.45) is 0 Å². The molecular weight excluding hydrogens is 190 g/mol. The van der Waals surface area contributed by atoms with Crippen LogP contribution in [-0.4, -0.2) is 20.7 Å². The predicted octanol–water partition coefficient (Wildman–Crippen LogP) is 3.88. The second-order valence-corrected chi connectivity index (χ2v) is 15.6. The number of hydrogen-bond donors (Lipinski definition) is 0. The van der Waals surface area contributed by atoms with Crippen molar-refractivity contribution >= 4 is 16.5 Å². The molecular formula is C10H25NSi2. The highest BCUT2D eigenvalue weighted by molar-refractivity contribution is 6.90. The van der Waals surface area contributed by atoms with Crippen LogP contribution in [0.4, 0.5) is 0 Å². The SMILES string of the molecule is CC=C(C)N([Si](C)(C)C)[Si](C)(C)C. The summed E-state index contributed by atoms with van der Waals surface area (Å²) in [5.41, 5.74) is 1.47. The van der Waals surface area contributed by atoms with E-state index < -0.39 is 16.5 Å². The van der Waals surface area contributed by atoms with Crippen molar-refractivity contribution < 1.29 is 0 Å². The molecule has 1 nitrogen and oxygen atoms in total. The average molecular weight is 215 g/mol. The second kappa shape index (κ2) is 4.01. The fraction of sp³-hybridized carbons (Fsp3) is 0.800. The third-order valence-corrected chi connectivity index (χ3v) is 9.53. The van der Waals surface area contributed by atoms with Crippen molar-refractivity contribution in [2.75, 3.05) is 0 Å². The molecule has 0 aliphatic carbocycles. The summed E-state index contributed by atoms with van der Waals surface area (Å²) < 4.78 is 2.74. The van der Waals surface area contributed by atoms with Crippen LogP contribution in [0.25, 0.3) is 0 Å². The summed E-state index contributed by atoms with van der Waals surface area (Å²) >= 11 is 0. The fourth-order valence-corrected chi connectivity index (χ4v) is 12.6. The van der Waals surface area contributed by atoms with Gasteiger partial charge in [0.05, 0.1) is 0 Å². The summed E-state index contributed by atoms with van der Waals surface area (Å²) in [6, 6.07) is 0. The standard InChI is InChI=1S/C10H25NSi2/c1-9-10(2)11(12(3,4)5)13(6,7)8/h9H,1-8H3. The summed E-state index contributed by atoms with van der Waals surface area (Å²) in [6.45, 7) is 19.0. The van der Waals surface area contributed by atoms with E-state index in [9.17, 15) is 0 Å². The maximum atomic E-state index is 2.74. The van der Waals surface area contributed by atoms with Gasteiger partial charge < -0.3 is 4.23 Å². The lowest BCUT2D eigenvalue weighted by Gasteiger charge is -2.46. The lowest BCUT2D eigenvalue weighted by molar-refractivity contribution is 0.753. The number of rotatable bonds is 3. The first-order valence-electron chi connectivity index (χ1n) is 5.04. The highest BCUT2D eigenvalue weighted by Crippen LogP contribution is 2.24. The Labute approximate surface area is 86.0 Å². The molecule has 0 radical (unpaired) electrons. The van der Waals surface area contributed by atoms with Crippen molar-refractivity contribution in [1.29, 1.82) is 0 Å². The first-order valence-corrected chi connectivity index (χ1v) is 11.9. The van der Waals surface area contributed by atoms with Crippen molar-refractivity contribution in [3.63, 3.8) is 0 Å². The summed E-state index contributed by atoms with van der Waals surface area (Å²) in [5.74, 6) is 0. The van der Waals surface area contributed by atoms with Gasteiger partial charge in [-0.3, -0.25) is 0 Å².